The number of hydrogen-bond acceptors (Lipinski definition) is 4. The third kappa shape index (κ3) is 3.97. The molecule has 2 rings (SSSR count). The topological polar surface area (TPSA) is 44.8 Å². The van der Waals surface area contributed by atoms with Crippen molar-refractivity contribution in [2.24, 2.45) is 0 Å². The summed E-state index contributed by atoms with van der Waals surface area (Å²) in [7, 11) is 0. The second kappa shape index (κ2) is 6.93. The number of benzene rings is 1. The summed E-state index contributed by atoms with van der Waals surface area (Å²) in [4.78, 5) is 11.8. The first-order valence-electron chi connectivity index (χ1n) is 7.25. The Bertz CT molecular complexity index is 608. The molecule has 1 aliphatic heterocycles. The van der Waals surface area contributed by atoms with Crippen LogP contribution in [0.4, 0.5) is 13.2 Å². The number of esters is 1. The smallest absolute Gasteiger partial charge is 0.430 e. The molecule has 1 atom stereocenters. The summed E-state index contributed by atoms with van der Waals surface area (Å²) in [5.41, 5.74) is -0.188. The van der Waals surface area contributed by atoms with Gasteiger partial charge in [0.25, 0.3) is 0 Å². The van der Waals surface area contributed by atoms with Crippen LogP contribution in [0.3, 0.4) is 0 Å². The van der Waals surface area contributed by atoms with E-state index in [-0.39, 0.29) is 12.4 Å². The molecule has 0 radical (unpaired) electrons. The van der Waals surface area contributed by atoms with Crippen LogP contribution in [0, 0.1) is 0 Å². The van der Waals surface area contributed by atoms with Crippen LogP contribution in [0.1, 0.15) is 25.8 Å². The quantitative estimate of drug-likeness (QED) is 0.772. The van der Waals surface area contributed by atoms with Gasteiger partial charge in [0.1, 0.15) is 11.5 Å². The van der Waals surface area contributed by atoms with E-state index in [4.69, 9.17) is 9.47 Å². The lowest BCUT2D eigenvalue weighted by Crippen LogP contribution is -2.40. The Hall–Kier alpha value is -2.18. The maximum absolute atomic E-state index is 13.2. The number of carbonyl (C=O) groups is 1. The van der Waals surface area contributed by atoms with Gasteiger partial charge in [-0.15, -0.1) is 0 Å². The minimum atomic E-state index is -4.73. The highest BCUT2D eigenvalue weighted by molar-refractivity contribution is 5.96. The molecule has 126 valence electrons. The van der Waals surface area contributed by atoms with Gasteiger partial charge in [0.2, 0.25) is 6.10 Å². The van der Waals surface area contributed by atoms with E-state index in [9.17, 15) is 18.0 Å². The molecule has 1 unspecified atom stereocenters. The van der Waals surface area contributed by atoms with E-state index in [0.29, 0.717) is 17.9 Å². The van der Waals surface area contributed by atoms with Gasteiger partial charge in [-0.3, -0.25) is 0 Å². The van der Waals surface area contributed by atoms with Crippen LogP contribution < -0.4 is 9.47 Å². The number of carbonyl (C=O) groups excluding carboxylic acids is 1. The standard InChI is InChI=1S/C16H17F3O4/c1-3-7-22-11-6-5-10-8-12(15(20)21-4-2)14(16(17,18)19)23-13(10)9-11/h5-6,8-9,14H,3-4,7H2,1-2H3. The number of alkyl halides is 3. The van der Waals surface area contributed by atoms with Crippen molar-refractivity contribution in [3.8, 4) is 11.5 Å². The highest BCUT2D eigenvalue weighted by Crippen LogP contribution is 2.39. The fourth-order valence-electron chi connectivity index (χ4n) is 2.10. The Kier molecular flexibility index (Phi) is 5.18. The first kappa shape index (κ1) is 17.2. The molecule has 7 heteroatoms. The molecule has 1 aromatic rings. The van der Waals surface area contributed by atoms with Crippen molar-refractivity contribution in [2.45, 2.75) is 32.5 Å². The van der Waals surface area contributed by atoms with Crippen LogP contribution in [-0.2, 0) is 9.53 Å². The average Bonchev–Trinajstić information content (AvgIpc) is 2.50. The van der Waals surface area contributed by atoms with Crippen molar-refractivity contribution < 1.29 is 32.2 Å². The van der Waals surface area contributed by atoms with Gasteiger partial charge in [-0.25, -0.2) is 4.79 Å². The van der Waals surface area contributed by atoms with E-state index in [1.807, 2.05) is 6.92 Å². The summed E-state index contributed by atoms with van der Waals surface area (Å²) < 4.78 is 54.6. The van der Waals surface area contributed by atoms with Crippen LogP contribution in [0.5, 0.6) is 11.5 Å². The lowest BCUT2D eigenvalue weighted by atomic mass is 10.0. The van der Waals surface area contributed by atoms with Crippen molar-refractivity contribution in [1.82, 2.24) is 0 Å². The third-order valence-corrected chi connectivity index (χ3v) is 3.10. The van der Waals surface area contributed by atoms with Crippen LogP contribution in [0.2, 0.25) is 0 Å². The van der Waals surface area contributed by atoms with Crippen LogP contribution in [0.25, 0.3) is 6.08 Å². The molecule has 0 aliphatic carbocycles. The Balaban J connectivity index is 2.38. The predicted molar refractivity (Wildman–Crippen MR) is 77.3 cm³/mol. The van der Waals surface area contributed by atoms with Gasteiger partial charge in [-0.1, -0.05) is 6.92 Å². The van der Waals surface area contributed by atoms with Crippen molar-refractivity contribution >= 4 is 12.0 Å². The molecule has 0 saturated carbocycles. The Morgan fingerprint density at radius 1 is 1.30 bits per heavy atom. The summed E-state index contributed by atoms with van der Waals surface area (Å²) in [6.07, 6.45) is -5.15. The first-order valence-corrected chi connectivity index (χ1v) is 7.25. The summed E-state index contributed by atoms with van der Waals surface area (Å²) in [5, 5.41) is 0. The van der Waals surface area contributed by atoms with Gasteiger partial charge >= 0.3 is 12.1 Å². The Morgan fingerprint density at radius 3 is 2.65 bits per heavy atom. The molecule has 4 nitrogen and oxygen atoms in total. The highest BCUT2D eigenvalue weighted by Gasteiger charge is 2.48. The molecule has 1 aliphatic rings. The second-order valence-corrected chi connectivity index (χ2v) is 4.91. The minimum absolute atomic E-state index is 0.0165. The van der Waals surface area contributed by atoms with Crippen LogP contribution >= 0.6 is 0 Å². The fraction of sp³-hybridized carbons (Fsp3) is 0.438. The normalized spacial score (nSPS) is 16.9. The third-order valence-electron chi connectivity index (χ3n) is 3.10. The molecule has 0 bridgehead atoms. The number of rotatable bonds is 5. The summed E-state index contributed by atoms with van der Waals surface area (Å²) in [6.45, 7) is 3.88. The summed E-state index contributed by atoms with van der Waals surface area (Å²) in [6, 6.07) is 4.55. The van der Waals surface area contributed by atoms with Crippen molar-refractivity contribution in [3.05, 3.63) is 29.3 Å². The fourth-order valence-corrected chi connectivity index (χ4v) is 2.10. The van der Waals surface area contributed by atoms with Crippen molar-refractivity contribution in [2.75, 3.05) is 13.2 Å². The van der Waals surface area contributed by atoms with E-state index in [2.05, 4.69) is 4.74 Å². The molecule has 1 aromatic carbocycles. The SMILES string of the molecule is CCCOc1ccc2c(c1)OC(C(F)(F)F)C(C(=O)OCC)=C2. The first-order chi connectivity index (χ1) is 10.9. The van der Waals surface area contributed by atoms with Gasteiger partial charge < -0.3 is 14.2 Å². The lowest BCUT2D eigenvalue weighted by Gasteiger charge is -2.28. The number of hydrogen-bond donors (Lipinski definition) is 0. The zero-order valence-electron chi connectivity index (χ0n) is 12.8. The maximum atomic E-state index is 13.2. The van der Waals surface area contributed by atoms with Crippen molar-refractivity contribution in [1.29, 1.82) is 0 Å². The van der Waals surface area contributed by atoms with E-state index in [1.165, 1.54) is 13.0 Å². The zero-order chi connectivity index (χ0) is 17.0. The Morgan fingerprint density at radius 2 is 2.04 bits per heavy atom. The van der Waals surface area contributed by atoms with Gasteiger partial charge in [0, 0.05) is 11.6 Å². The largest absolute Gasteiger partial charge is 0.493 e. The molecule has 23 heavy (non-hydrogen) atoms. The highest BCUT2D eigenvalue weighted by atomic mass is 19.4. The predicted octanol–water partition coefficient (Wildman–Crippen LogP) is 3.75. The van der Waals surface area contributed by atoms with Gasteiger partial charge in [0.15, 0.2) is 0 Å². The molecular weight excluding hydrogens is 313 g/mol. The molecule has 0 amide bonds. The second-order valence-electron chi connectivity index (χ2n) is 4.91. The number of halogens is 3. The zero-order valence-corrected chi connectivity index (χ0v) is 12.8. The molecular formula is C16H17F3O4. The van der Waals surface area contributed by atoms with Gasteiger partial charge in [-0.2, -0.15) is 13.2 Å². The number of ether oxygens (including phenoxy) is 3. The average molecular weight is 330 g/mol. The maximum Gasteiger partial charge on any atom is 0.430 e. The van der Waals surface area contributed by atoms with Crippen molar-refractivity contribution in [3.63, 3.8) is 0 Å². The molecule has 0 saturated heterocycles. The minimum Gasteiger partial charge on any atom is -0.493 e. The van der Waals surface area contributed by atoms with E-state index in [1.54, 1.807) is 12.1 Å². The monoisotopic (exact) mass is 330 g/mol. The van der Waals surface area contributed by atoms with Crippen LogP contribution in [-0.4, -0.2) is 31.5 Å². The molecule has 0 fully saturated rings. The Labute approximate surface area is 131 Å². The van der Waals surface area contributed by atoms with Gasteiger partial charge in [0.05, 0.1) is 18.8 Å². The van der Waals surface area contributed by atoms with E-state index < -0.39 is 23.8 Å². The molecule has 0 N–H and O–H groups in total. The van der Waals surface area contributed by atoms with E-state index >= 15 is 0 Å². The number of fused-ring (bicyclic) bond motifs is 1. The van der Waals surface area contributed by atoms with E-state index in [0.717, 1.165) is 12.5 Å². The summed E-state index contributed by atoms with van der Waals surface area (Å²) >= 11 is 0. The lowest BCUT2D eigenvalue weighted by molar-refractivity contribution is -0.187. The molecule has 1 heterocycles. The van der Waals surface area contributed by atoms with Crippen LogP contribution in [0.15, 0.2) is 23.8 Å². The van der Waals surface area contributed by atoms with Gasteiger partial charge in [-0.05, 0) is 31.6 Å². The molecule has 0 aromatic heterocycles. The summed E-state index contributed by atoms with van der Waals surface area (Å²) in [5.74, 6) is -0.597. The molecule has 0 spiro atoms.